The van der Waals surface area contributed by atoms with Crippen LogP contribution in [-0.2, 0) is 9.59 Å². The highest BCUT2D eigenvalue weighted by atomic mass is 35.5. The van der Waals surface area contributed by atoms with Gasteiger partial charge in [0.05, 0.1) is 27.8 Å². The maximum absolute atomic E-state index is 15.4. The number of nitrogens with zero attached hydrogens (tertiary/aromatic N) is 7. The molecule has 1 atom stereocenters. The van der Waals surface area contributed by atoms with E-state index in [2.05, 4.69) is 30.6 Å². The summed E-state index contributed by atoms with van der Waals surface area (Å²) in [6.45, 7) is 5.33. The molecule has 302 valence electrons. The van der Waals surface area contributed by atoms with E-state index in [4.69, 9.17) is 21.6 Å². The third-order valence-electron chi connectivity index (χ3n) is 11.9. The molecule has 15 nitrogen and oxygen atoms in total. The van der Waals surface area contributed by atoms with Crippen LogP contribution in [0.5, 0.6) is 5.75 Å². The average Bonchev–Trinajstić information content (AvgIpc) is 3.48. The number of halogens is 2. The molecule has 3 saturated heterocycles. The van der Waals surface area contributed by atoms with Gasteiger partial charge in [0.2, 0.25) is 11.8 Å². The number of imide groups is 2. The quantitative estimate of drug-likeness (QED) is 0.300. The molecule has 5 aliphatic rings. The lowest BCUT2D eigenvalue weighted by Crippen LogP contribution is -2.54. The molecule has 0 bridgehead atoms. The van der Waals surface area contributed by atoms with Crippen LogP contribution >= 0.6 is 11.6 Å². The minimum Gasteiger partial charge on any atom is -0.490 e. The smallest absolute Gasteiger partial charge is 0.272 e. The summed E-state index contributed by atoms with van der Waals surface area (Å²) in [7, 11) is 0. The number of amides is 5. The van der Waals surface area contributed by atoms with Gasteiger partial charge < -0.3 is 19.9 Å². The van der Waals surface area contributed by atoms with Gasteiger partial charge >= 0.3 is 0 Å². The molecule has 4 fully saturated rings. The van der Waals surface area contributed by atoms with Crippen molar-refractivity contribution in [2.45, 2.75) is 69.6 Å². The number of carbonyl (C=O) groups is 5. The summed E-state index contributed by atoms with van der Waals surface area (Å²) in [5, 5.41) is 23.3. The van der Waals surface area contributed by atoms with E-state index in [-0.39, 0.29) is 47.7 Å². The molecule has 2 N–H and O–H groups in total. The largest absolute Gasteiger partial charge is 0.490 e. The SMILES string of the molecule is N#Cc1ccc(OC2CCC(NC(=O)c3ccc(N4CCC(CN5CCN(c6cc(F)c7c(c6)C(=O)N(C6CCC(=O)NC6=O)C7=O)CC5)CC4)nn3)CC2)cc1Cl. The molecule has 4 aliphatic heterocycles. The van der Waals surface area contributed by atoms with Gasteiger partial charge in [-0.15, -0.1) is 10.2 Å². The van der Waals surface area contributed by atoms with E-state index in [1.165, 1.54) is 6.07 Å². The predicted molar refractivity (Wildman–Crippen MR) is 209 cm³/mol. The number of piperidine rings is 2. The summed E-state index contributed by atoms with van der Waals surface area (Å²) in [6.07, 6.45) is 5.05. The Morgan fingerprint density at radius 1 is 0.897 bits per heavy atom. The minimum atomic E-state index is -1.15. The van der Waals surface area contributed by atoms with Crippen molar-refractivity contribution >= 4 is 52.6 Å². The topological polar surface area (TPSA) is 181 Å². The summed E-state index contributed by atoms with van der Waals surface area (Å²) >= 11 is 6.14. The molecule has 0 spiro atoms. The Labute approximate surface area is 339 Å². The number of fused-ring (bicyclic) bond motifs is 1. The van der Waals surface area contributed by atoms with E-state index in [1.54, 1.807) is 30.3 Å². The summed E-state index contributed by atoms with van der Waals surface area (Å²) < 4.78 is 21.4. The zero-order valence-corrected chi connectivity index (χ0v) is 32.5. The monoisotopic (exact) mass is 811 g/mol. The van der Waals surface area contributed by atoms with E-state index in [9.17, 15) is 24.0 Å². The third kappa shape index (κ3) is 8.19. The summed E-state index contributed by atoms with van der Waals surface area (Å²) in [5.41, 5.74) is 0.808. The molecule has 58 heavy (non-hydrogen) atoms. The fourth-order valence-corrected chi connectivity index (χ4v) is 8.88. The van der Waals surface area contributed by atoms with Crippen molar-refractivity contribution < 1.29 is 33.1 Å². The fourth-order valence-electron chi connectivity index (χ4n) is 8.67. The lowest BCUT2D eigenvalue weighted by atomic mass is 9.93. The number of benzene rings is 2. The number of nitrogens with one attached hydrogen (secondary N) is 2. The van der Waals surface area contributed by atoms with Crippen molar-refractivity contribution in [1.29, 1.82) is 5.26 Å². The minimum absolute atomic E-state index is 0.00639. The van der Waals surface area contributed by atoms with Crippen molar-refractivity contribution in [2.24, 2.45) is 5.92 Å². The molecule has 3 aromatic rings. The zero-order valence-electron chi connectivity index (χ0n) is 31.8. The molecular weight excluding hydrogens is 769 g/mol. The number of hydrogen-bond acceptors (Lipinski definition) is 12. The number of nitriles is 1. The maximum Gasteiger partial charge on any atom is 0.272 e. The van der Waals surface area contributed by atoms with Gasteiger partial charge in [-0.1, -0.05) is 11.6 Å². The molecule has 1 aromatic heterocycles. The van der Waals surface area contributed by atoms with Crippen LogP contribution in [0.15, 0.2) is 42.5 Å². The number of hydrogen-bond donors (Lipinski definition) is 2. The average molecular weight is 812 g/mol. The molecule has 17 heteroatoms. The molecule has 5 heterocycles. The van der Waals surface area contributed by atoms with Crippen LogP contribution in [0.1, 0.15) is 88.1 Å². The summed E-state index contributed by atoms with van der Waals surface area (Å²) in [6, 6.07) is 12.4. The Hall–Kier alpha value is -5.66. The summed E-state index contributed by atoms with van der Waals surface area (Å²) in [4.78, 5) is 70.8. The maximum atomic E-state index is 15.4. The number of ether oxygens (including phenoxy) is 1. The first kappa shape index (κ1) is 39.2. The van der Waals surface area contributed by atoms with Gasteiger partial charge in [-0.3, -0.25) is 39.1 Å². The van der Waals surface area contributed by atoms with E-state index < -0.39 is 35.5 Å². The number of anilines is 2. The van der Waals surface area contributed by atoms with Crippen molar-refractivity contribution in [1.82, 2.24) is 30.6 Å². The van der Waals surface area contributed by atoms with Crippen molar-refractivity contribution in [3.05, 3.63) is 75.7 Å². The Bertz CT molecular complexity index is 2160. The predicted octanol–water partition coefficient (Wildman–Crippen LogP) is 3.70. The van der Waals surface area contributed by atoms with Gasteiger partial charge in [0.15, 0.2) is 11.5 Å². The van der Waals surface area contributed by atoms with Crippen LogP contribution in [-0.4, -0.2) is 114 Å². The highest BCUT2D eigenvalue weighted by Crippen LogP contribution is 2.34. The Balaban J connectivity index is 0.763. The lowest BCUT2D eigenvalue weighted by molar-refractivity contribution is -0.136. The van der Waals surface area contributed by atoms with Crippen LogP contribution in [0.2, 0.25) is 5.02 Å². The second kappa shape index (κ2) is 16.7. The molecule has 1 saturated carbocycles. The molecule has 1 unspecified atom stereocenters. The van der Waals surface area contributed by atoms with E-state index >= 15 is 4.39 Å². The molecule has 1 aliphatic carbocycles. The van der Waals surface area contributed by atoms with Crippen molar-refractivity contribution in [3.63, 3.8) is 0 Å². The highest BCUT2D eigenvalue weighted by Gasteiger charge is 2.46. The first-order valence-corrected chi connectivity index (χ1v) is 20.2. The van der Waals surface area contributed by atoms with E-state index in [0.29, 0.717) is 41.0 Å². The molecular formula is C41H43ClFN9O6. The number of rotatable bonds is 9. The van der Waals surface area contributed by atoms with E-state index in [0.717, 1.165) is 82.0 Å². The fraction of sp³-hybridized carbons (Fsp3) is 0.463. The lowest BCUT2D eigenvalue weighted by Gasteiger charge is -2.39. The first-order chi connectivity index (χ1) is 28.0. The van der Waals surface area contributed by atoms with Gasteiger partial charge in [-0.25, -0.2) is 4.39 Å². The van der Waals surface area contributed by atoms with Gasteiger partial charge in [0, 0.05) is 70.0 Å². The third-order valence-corrected chi connectivity index (χ3v) is 12.2. The van der Waals surface area contributed by atoms with Gasteiger partial charge in [-0.2, -0.15) is 5.26 Å². The van der Waals surface area contributed by atoms with Crippen LogP contribution in [0, 0.1) is 23.1 Å². The van der Waals surface area contributed by atoms with E-state index in [1.807, 2.05) is 17.0 Å². The van der Waals surface area contributed by atoms with Crippen molar-refractivity contribution in [3.8, 4) is 11.8 Å². The zero-order chi connectivity index (χ0) is 40.5. The number of piperazine rings is 1. The first-order valence-electron chi connectivity index (χ1n) is 19.8. The second-order valence-corrected chi connectivity index (χ2v) is 16.0. The Morgan fingerprint density at radius 2 is 1.66 bits per heavy atom. The molecule has 5 amide bonds. The van der Waals surface area contributed by atoms with Gasteiger partial charge in [0.1, 0.15) is 23.7 Å². The second-order valence-electron chi connectivity index (χ2n) is 15.6. The molecule has 0 radical (unpaired) electrons. The molecule has 8 rings (SSSR count). The standard InChI is InChI=1S/C41H43ClFN9O6/c42-31-21-29(4-1-25(31)22-44)58-28-5-2-26(3-6-28)45-38(54)33-7-9-35(48-47-33)51-13-11-24(12-14-51)23-49-15-17-50(18-16-49)27-19-30-37(32(43)20-27)41(57)52(40(30)56)34-8-10-36(53)46-39(34)55/h1,4,7,9,19-21,24,26,28,34H,2-3,5-6,8,10-18,23H2,(H,45,54)(H,46,53,55). The van der Waals surface area contributed by atoms with Gasteiger partial charge in [-0.05, 0) is 87.3 Å². The Kier molecular flexibility index (Phi) is 11.3. The summed E-state index contributed by atoms with van der Waals surface area (Å²) in [5.74, 6) is -1.97. The highest BCUT2D eigenvalue weighted by molar-refractivity contribution is 6.31. The molecule has 2 aromatic carbocycles. The van der Waals surface area contributed by atoms with Gasteiger partial charge in [0.25, 0.3) is 17.7 Å². The number of aromatic nitrogens is 2. The van der Waals surface area contributed by atoms with Crippen LogP contribution in [0.25, 0.3) is 0 Å². The normalized spacial score (nSPS) is 23.1. The van der Waals surface area contributed by atoms with Crippen LogP contribution in [0.4, 0.5) is 15.9 Å². The Morgan fingerprint density at radius 3 is 2.33 bits per heavy atom. The number of carbonyl (C=O) groups excluding carboxylic acids is 5. The van der Waals surface area contributed by atoms with Crippen LogP contribution in [0.3, 0.4) is 0 Å². The van der Waals surface area contributed by atoms with Crippen LogP contribution < -0.4 is 25.2 Å². The van der Waals surface area contributed by atoms with Crippen molar-refractivity contribution in [2.75, 3.05) is 55.6 Å².